The van der Waals surface area contributed by atoms with Crippen LogP contribution in [-0.4, -0.2) is 46.1 Å². The first-order valence-electron chi connectivity index (χ1n) is 9.80. The summed E-state index contributed by atoms with van der Waals surface area (Å²) in [6, 6.07) is 9.65. The molecule has 1 aliphatic heterocycles. The Bertz CT molecular complexity index is 1280. The first-order chi connectivity index (χ1) is 15.1. The third kappa shape index (κ3) is 3.25. The van der Waals surface area contributed by atoms with Gasteiger partial charge in [-0.1, -0.05) is 12.1 Å². The predicted molar refractivity (Wildman–Crippen MR) is 120 cm³/mol. The Labute approximate surface area is 182 Å². The van der Waals surface area contributed by atoms with E-state index in [4.69, 9.17) is 20.4 Å². The Kier molecular flexibility index (Phi) is 4.70. The van der Waals surface area contributed by atoms with Crippen molar-refractivity contribution >= 4 is 39.9 Å². The predicted octanol–water partition coefficient (Wildman–Crippen LogP) is 2.59. The molecular weight excluding hydrogens is 414 g/mol. The first-order valence-corrected chi connectivity index (χ1v) is 10.7. The first kappa shape index (κ1) is 19.3. The molecule has 1 aromatic carbocycles. The molecule has 10 heteroatoms. The summed E-state index contributed by atoms with van der Waals surface area (Å²) in [4.78, 5) is 29.4. The number of benzene rings is 1. The molecule has 31 heavy (non-hydrogen) atoms. The summed E-state index contributed by atoms with van der Waals surface area (Å²) in [5.74, 6) is 1.52. The summed E-state index contributed by atoms with van der Waals surface area (Å²) in [5.41, 5.74) is 8.06. The number of nitrogens with zero attached hydrogens (tertiary/aromatic N) is 5. The van der Waals surface area contributed by atoms with Gasteiger partial charge in [-0.15, -0.1) is 11.3 Å². The molecule has 0 atom stereocenters. The molecule has 158 valence electrons. The molecule has 3 N–H and O–H groups in total. The maximum atomic E-state index is 11.9. The molecule has 0 unspecified atom stereocenters. The van der Waals surface area contributed by atoms with Crippen molar-refractivity contribution in [3.63, 3.8) is 0 Å². The van der Waals surface area contributed by atoms with Crippen LogP contribution in [0, 0.1) is 0 Å². The number of fused-ring (bicyclic) bond motifs is 2. The quantitative estimate of drug-likeness (QED) is 0.479. The van der Waals surface area contributed by atoms with Crippen LogP contribution in [0.15, 0.2) is 35.7 Å². The third-order valence-corrected chi connectivity index (χ3v) is 6.22. The maximum absolute atomic E-state index is 11.9. The Balaban J connectivity index is 1.68. The molecule has 4 aromatic rings. The summed E-state index contributed by atoms with van der Waals surface area (Å²) >= 11 is 1.69. The highest BCUT2D eigenvalue weighted by atomic mass is 32.1. The number of aromatic nitrogens is 4. The fourth-order valence-electron chi connectivity index (χ4n) is 3.83. The second kappa shape index (κ2) is 7.55. The van der Waals surface area contributed by atoms with Crippen LogP contribution in [0.2, 0.25) is 0 Å². The van der Waals surface area contributed by atoms with Gasteiger partial charge in [-0.05, 0) is 30.0 Å². The highest BCUT2D eigenvalue weighted by molar-refractivity contribution is 7.09. The fourth-order valence-corrected chi connectivity index (χ4v) is 4.47. The topological polar surface area (TPSA) is 111 Å². The number of thiophene rings is 1. The minimum Gasteiger partial charge on any atom is -0.468 e. The van der Waals surface area contributed by atoms with Crippen molar-refractivity contribution in [1.29, 1.82) is 0 Å². The molecule has 0 saturated heterocycles. The molecule has 0 bridgehead atoms. The van der Waals surface area contributed by atoms with E-state index in [1.807, 2.05) is 19.2 Å². The number of carbonyl (C=O) groups excluding carboxylic acids is 1. The van der Waals surface area contributed by atoms with Gasteiger partial charge in [0, 0.05) is 24.0 Å². The van der Waals surface area contributed by atoms with E-state index in [0.29, 0.717) is 29.1 Å². The lowest BCUT2D eigenvalue weighted by Crippen LogP contribution is -2.16. The van der Waals surface area contributed by atoms with E-state index in [2.05, 4.69) is 26.6 Å². The van der Waals surface area contributed by atoms with Gasteiger partial charge in [0.1, 0.15) is 17.2 Å². The number of primary amides is 1. The Morgan fingerprint density at radius 2 is 2.13 bits per heavy atom. The van der Waals surface area contributed by atoms with Crippen LogP contribution in [0.5, 0.6) is 6.01 Å². The van der Waals surface area contributed by atoms with Crippen LogP contribution in [0.1, 0.15) is 20.8 Å². The number of rotatable bonds is 6. The average Bonchev–Trinajstić information content (AvgIpc) is 3.50. The molecule has 5 rings (SSSR count). The van der Waals surface area contributed by atoms with Gasteiger partial charge in [-0.3, -0.25) is 4.79 Å². The highest BCUT2D eigenvalue weighted by Crippen LogP contribution is 2.34. The molecule has 0 spiro atoms. The number of anilines is 2. The molecule has 0 radical (unpaired) electrons. The Morgan fingerprint density at radius 1 is 1.26 bits per heavy atom. The zero-order valence-electron chi connectivity index (χ0n) is 17.1. The number of carbonyl (C=O) groups is 1. The summed E-state index contributed by atoms with van der Waals surface area (Å²) in [6.45, 7) is 1.55. The molecule has 1 amide bonds. The minimum absolute atomic E-state index is 0.286. The lowest BCUT2D eigenvalue weighted by Gasteiger charge is -2.16. The lowest BCUT2D eigenvalue weighted by atomic mass is 10.2. The van der Waals surface area contributed by atoms with E-state index in [9.17, 15) is 4.79 Å². The Hall–Kier alpha value is -3.66. The number of amides is 1. The zero-order chi connectivity index (χ0) is 21.5. The molecule has 0 aliphatic carbocycles. The van der Waals surface area contributed by atoms with Gasteiger partial charge >= 0.3 is 6.01 Å². The van der Waals surface area contributed by atoms with E-state index in [0.717, 1.165) is 30.2 Å². The van der Waals surface area contributed by atoms with Crippen molar-refractivity contribution in [1.82, 2.24) is 19.5 Å². The van der Waals surface area contributed by atoms with Crippen molar-refractivity contribution in [3.8, 4) is 12.0 Å². The van der Waals surface area contributed by atoms with Crippen molar-refractivity contribution in [2.75, 3.05) is 30.9 Å². The Morgan fingerprint density at radius 3 is 2.87 bits per heavy atom. The van der Waals surface area contributed by atoms with Gasteiger partial charge in [-0.25, -0.2) is 4.57 Å². The highest BCUT2D eigenvalue weighted by Gasteiger charge is 2.26. The second-order valence-electron chi connectivity index (χ2n) is 7.25. The van der Waals surface area contributed by atoms with Crippen molar-refractivity contribution < 1.29 is 9.53 Å². The molecule has 4 heterocycles. The number of imidazole rings is 1. The van der Waals surface area contributed by atoms with Gasteiger partial charge in [0.25, 0.3) is 5.91 Å². The van der Waals surface area contributed by atoms with Crippen LogP contribution >= 0.6 is 11.3 Å². The number of hydrogen-bond donors (Lipinski definition) is 2. The third-order valence-electron chi connectivity index (χ3n) is 5.34. The zero-order valence-corrected chi connectivity index (χ0v) is 17.9. The smallest absolute Gasteiger partial charge is 0.304 e. The number of hydrogen-bond acceptors (Lipinski definition) is 8. The summed E-state index contributed by atoms with van der Waals surface area (Å²) in [6.07, 6.45) is 0.868. The average molecular weight is 436 g/mol. The number of nitrogens with one attached hydrogen (secondary N) is 1. The monoisotopic (exact) mass is 435 g/mol. The van der Waals surface area contributed by atoms with Gasteiger partial charge in [0.2, 0.25) is 5.95 Å². The fraction of sp³-hybridized carbons (Fsp3) is 0.238. The molecular formula is C21H21N7O2S. The summed E-state index contributed by atoms with van der Waals surface area (Å²) < 4.78 is 7.22. The SMILES string of the molecule is COc1nc2c(C(N)=O)cccc2n1-c1nc(NCc2cccs2)c2c(n1)N(C)CC2. The number of methoxy groups -OCH3 is 1. The van der Waals surface area contributed by atoms with Crippen LogP contribution in [-0.2, 0) is 13.0 Å². The number of likely N-dealkylation sites (N-methyl/N-ethyl adjacent to an activating group) is 1. The van der Waals surface area contributed by atoms with Gasteiger partial charge in [-0.2, -0.15) is 15.0 Å². The van der Waals surface area contributed by atoms with Gasteiger partial charge < -0.3 is 20.7 Å². The second-order valence-corrected chi connectivity index (χ2v) is 8.28. The van der Waals surface area contributed by atoms with Crippen LogP contribution < -0.4 is 20.7 Å². The van der Waals surface area contributed by atoms with Crippen LogP contribution in [0.4, 0.5) is 11.6 Å². The largest absolute Gasteiger partial charge is 0.468 e. The number of ether oxygens (including phenoxy) is 1. The van der Waals surface area contributed by atoms with E-state index in [1.54, 1.807) is 28.0 Å². The molecule has 9 nitrogen and oxygen atoms in total. The number of para-hydroxylation sites is 1. The summed E-state index contributed by atoms with van der Waals surface area (Å²) in [7, 11) is 3.54. The van der Waals surface area contributed by atoms with E-state index >= 15 is 0 Å². The van der Waals surface area contributed by atoms with Gasteiger partial charge in [0.05, 0.1) is 24.7 Å². The molecule has 0 fully saturated rings. The van der Waals surface area contributed by atoms with Crippen LogP contribution in [0.3, 0.4) is 0 Å². The molecule has 1 aliphatic rings. The standard InChI is InChI=1S/C21H21N7O2S/c1-27-9-8-14-18(23-11-12-5-4-10-31-12)25-20(26-19(14)27)28-15-7-3-6-13(17(22)29)16(15)24-21(28)30-2/h3-7,10H,8-9,11H2,1-2H3,(H2,22,29)(H,23,25,26). The maximum Gasteiger partial charge on any atom is 0.304 e. The summed E-state index contributed by atoms with van der Waals surface area (Å²) in [5, 5.41) is 5.52. The van der Waals surface area contributed by atoms with E-state index < -0.39 is 5.91 Å². The minimum atomic E-state index is -0.550. The van der Waals surface area contributed by atoms with Crippen LogP contribution in [0.25, 0.3) is 17.0 Å². The van der Waals surface area contributed by atoms with Gasteiger partial charge in [0.15, 0.2) is 0 Å². The van der Waals surface area contributed by atoms with Crippen molar-refractivity contribution in [3.05, 3.63) is 51.7 Å². The normalized spacial score (nSPS) is 12.9. The van der Waals surface area contributed by atoms with E-state index in [1.165, 1.54) is 12.0 Å². The number of nitrogens with two attached hydrogens (primary N) is 1. The molecule has 3 aromatic heterocycles. The lowest BCUT2D eigenvalue weighted by molar-refractivity contribution is 0.100. The van der Waals surface area contributed by atoms with Crippen molar-refractivity contribution in [2.24, 2.45) is 5.73 Å². The van der Waals surface area contributed by atoms with Crippen molar-refractivity contribution in [2.45, 2.75) is 13.0 Å². The van der Waals surface area contributed by atoms with E-state index in [-0.39, 0.29) is 6.01 Å². The molecule has 0 saturated carbocycles.